The number of hydrogen-bond donors (Lipinski definition) is 1. The summed E-state index contributed by atoms with van der Waals surface area (Å²) in [5.41, 5.74) is 2.87. The van der Waals surface area contributed by atoms with Crippen LogP contribution in [-0.4, -0.2) is 20.0 Å². The van der Waals surface area contributed by atoms with Crippen LogP contribution in [0.1, 0.15) is 10.4 Å². The molecule has 1 heterocycles. The fourth-order valence-corrected chi connectivity index (χ4v) is 4.74. The van der Waals surface area contributed by atoms with E-state index in [-0.39, 0.29) is 26.9 Å². The van der Waals surface area contributed by atoms with Gasteiger partial charge in [0, 0.05) is 31.0 Å². The third kappa shape index (κ3) is 2.59. The average molecular weight is 411 g/mol. The van der Waals surface area contributed by atoms with Crippen LogP contribution in [0.4, 0.5) is 0 Å². The maximum atomic E-state index is 11.6. The number of fused-ring (bicyclic) bond motifs is 3. The van der Waals surface area contributed by atoms with Gasteiger partial charge in [-0.25, -0.2) is 13.6 Å². The standard InChI is InChI=1S/C12H12ClN3O2S2.BrH/c1-15-12-16(2)11-7-5-10(20(14,17)18)8(13)3-6(7)4-9(11)19-12;/h3,5H,4H2,1-2H3,(H2,14,17,18);1H. The van der Waals surface area contributed by atoms with Crippen molar-refractivity contribution in [3.63, 3.8) is 0 Å². The highest BCUT2D eigenvalue weighted by atomic mass is 79.9. The minimum Gasteiger partial charge on any atom is -0.320 e. The summed E-state index contributed by atoms with van der Waals surface area (Å²) in [6.07, 6.45) is 0.739. The Morgan fingerprint density at radius 3 is 2.67 bits per heavy atom. The molecule has 0 saturated heterocycles. The molecule has 0 unspecified atom stereocenters. The molecule has 0 radical (unpaired) electrons. The number of hydrogen-bond acceptors (Lipinski definition) is 4. The van der Waals surface area contributed by atoms with Gasteiger partial charge in [-0.1, -0.05) is 11.6 Å². The first-order chi connectivity index (χ1) is 9.32. The van der Waals surface area contributed by atoms with Crippen LogP contribution >= 0.6 is 39.9 Å². The zero-order valence-corrected chi connectivity index (χ0v) is 15.4. The Bertz CT molecular complexity index is 900. The second-order valence-electron chi connectivity index (χ2n) is 4.60. The first-order valence-corrected chi connectivity index (χ1v) is 8.54. The molecule has 0 amide bonds. The molecule has 2 N–H and O–H groups in total. The van der Waals surface area contributed by atoms with Crippen LogP contribution in [0.2, 0.25) is 5.02 Å². The van der Waals surface area contributed by atoms with E-state index < -0.39 is 10.0 Å². The Morgan fingerprint density at radius 2 is 2.10 bits per heavy atom. The van der Waals surface area contributed by atoms with Gasteiger partial charge in [0.2, 0.25) is 10.0 Å². The van der Waals surface area contributed by atoms with Crippen molar-refractivity contribution >= 4 is 49.9 Å². The molecule has 5 nitrogen and oxygen atoms in total. The lowest BCUT2D eigenvalue weighted by molar-refractivity contribution is 0.598. The van der Waals surface area contributed by atoms with Crippen LogP contribution in [0.5, 0.6) is 0 Å². The van der Waals surface area contributed by atoms with Crippen LogP contribution in [-0.2, 0) is 23.5 Å². The van der Waals surface area contributed by atoms with E-state index in [0.29, 0.717) is 0 Å². The van der Waals surface area contributed by atoms with E-state index in [1.54, 1.807) is 30.5 Å². The Morgan fingerprint density at radius 1 is 1.43 bits per heavy atom. The number of rotatable bonds is 1. The molecule has 1 aromatic carbocycles. The van der Waals surface area contributed by atoms with Gasteiger partial charge in [-0.3, -0.25) is 4.99 Å². The van der Waals surface area contributed by atoms with E-state index in [9.17, 15) is 8.42 Å². The van der Waals surface area contributed by atoms with Crippen LogP contribution < -0.4 is 9.94 Å². The fourth-order valence-electron chi connectivity index (χ4n) is 2.51. The summed E-state index contributed by atoms with van der Waals surface area (Å²) in [6, 6.07) is 3.25. The van der Waals surface area contributed by atoms with Crippen molar-refractivity contribution in [3.05, 3.63) is 32.4 Å². The molecule has 9 heteroatoms. The summed E-state index contributed by atoms with van der Waals surface area (Å²) in [5.74, 6) is 0. The summed E-state index contributed by atoms with van der Waals surface area (Å²) < 4.78 is 25.1. The molecule has 0 atom stereocenters. The van der Waals surface area contributed by atoms with Gasteiger partial charge in [0.25, 0.3) is 0 Å². The van der Waals surface area contributed by atoms with Gasteiger partial charge < -0.3 is 4.57 Å². The maximum Gasteiger partial charge on any atom is 0.239 e. The van der Waals surface area contributed by atoms with Crippen molar-refractivity contribution in [2.75, 3.05) is 7.05 Å². The number of nitrogens with two attached hydrogens (primary N) is 1. The van der Waals surface area contributed by atoms with Crippen molar-refractivity contribution in [2.24, 2.45) is 17.2 Å². The molecule has 0 aliphatic heterocycles. The lowest BCUT2D eigenvalue weighted by atomic mass is 10.1. The number of aromatic nitrogens is 1. The van der Waals surface area contributed by atoms with E-state index in [0.717, 1.165) is 32.9 Å². The lowest BCUT2D eigenvalue weighted by Crippen LogP contribution is -2.14. The monoisotopic (exact) mass is 409 g/mol. The molecule has 0 spiro atoms. The van der Waals surface area contributed by atoms with E-state index in [1.807, 2.05) is 11.6 Å². The number of benzene rings is 1. The second-order valence-corrected chi connectivity index (χ2v) is 7.60. The largest absolute Gasteiger partial charge is 0.320 e. The Hall–Kier alpha value is -0.670. The van der Waals surface area contributed by atoms with Gasteiger partial charge in [0.05, 0.1) is 10.7 Å². The normalized spacial score (nSPS) is 13.8. The molecular weight excluding hydrogens is 398 g/mol. The van der Waals surface area contributed by atoms with Crippen LogP contribution in [0.3, 0.4) is 0 Å². The number of primary sulfonamides is 1. The lowest BCUT2D eigenvalue weighted by Gasteiger charge is -2.08. The third-order valence-corrected chi connectivity index (χ3v) is 5.96. The van der Waals surface area contributed by atoms with Crippen LogP contribution in [0.15, 0.2) is 22.0 Å². The van der Waals surface area contributed by atoms with Gasteiger partial charge in [-0.05, 0) is 17.7 Å². The second kappa shape index (κ2) is 5.51. The minimum atomic E-state index is -3.83. The summed E-state index contributed by atoms with van der Waals surface area (Å²) in [6.45, 7) is 0. The highest BCUT2D eigenvalue weighted by Gasteiger charge is 2.27. The molecule has 0 bridgehead atoms. The number of nitrogens with zero attached hydrogens (tertiary/aromatic N) is 2. The summed E-state index contributed by atoms with van der Waals surface area (Å²) >= 11 is 7.62. The van der Waals surface area contributed by atoms with Crippen molar-refractivity contribution in [3.8, 4) is 11.3 Å². The third-order valence-electron chi connectivity index (χ3n) is 3.36. The first kappa shape index (κ1) is 16.7. The average Bonchev–Trinajstić information content (AvgIpc) is 2.83. The van der Waals surface area contributed by atoms with E-state index in [4.69, 9.17) is 16.7 Å². The maximum absolute atomic E-state index is 11.6. The molecule has 1 aromatic heterocycles. The van der Waals surface area contributed by atoms with Gasteiger partial charge in [-0.2, -0.15) is 0 Å². The van der Waals surface area contributed by atoms with Crippen molar-refractivity contribution < 1.29 is 8.42 Å². The molecule has 0 fully saturated rings. The predicted octanol–water partition coefficient (Wildman–Crippen LogP) is 2.07. The highest BCUT2D eigenvalue weighted by Crippen LogP contribution is 2.40. The number of sulfonamides is 1. The molecular formula is C12H13BrClN3O2S2. The highest BCUT2D eigenvalue weighted by molar-refractivity contribution is 8.93. The Labute approximate surface area is 141 Å². The predicted molar refractivity (Wildman–Crippen MR) is 89.7 cm³/mol. The summed E-state index contributed by atoms with van der Waals surface area (Å²) in [4.78, 5) is 6.23. The molecule has 3 rings (SSSR count). The zero-order chi connectivity index (χ0) is 14.7. The SMILES string of the molecule is Br.CN=c1sc2c(n1C)-c1cc(S(N)(=O)=O)c(Cl)cc1C2. The van der Waals surface area contributed by atoms with E-state index in [2.05, 4.69) is 4.99 Å². The Balaban J connectivity index is 0.00000161. The summed E-state index contributed by atoms with van der Waals surface area (Å²) in [5, 5.41) is 5.38. The quantitative estimate of drug-likeness (QED) is 0.666. The van der Waals surface area contributed by atoms with Crippen LogP contribution in [0, 0.1) is 0 Å². The molecule has 0 saturated carbocycles. The van der Waals surface area contributed by atoms with Crippen molar-refractivity contribution in [2.45, 2.75) is 11.3 Å². The van der Waals surface area contributed by atoms with Gasteiger partial charge in [-0.15, -0.1) is 28.3 Å². The van der Waals surface area contributed by atoms with E-state index >= 15 is 0 Å². The number of halogens is 2. The van der Waals surface area contributed by atoms with Crippen molar-refractivity contribution in [1.29, 1.82) is 0 Å². The smallest absolute Gasteiger partial charge is 0.239 e. The topological polar surface area (TPSA) is 77.5 Å². The molecule has 1 aliphatic rings. The molecule has 21 heavy (non-hydrogen) atoms. The van der Waals surface area contributed by atoms with Crippen molar-refractivity contribution in [1.82, 2.24) is 4.57 Å². The molecule has 2 aromatic rings. The minimum absolute atomic E-state index is 0. The number of thiazole rings is 1. The van der Waals surface area contributed by atoms with E-state index in [1.165, 1.54) is 0 Å². The summed E-state index contributed by atoms with van der Waals surface area (Å²) in [7, 11) is -0.180. The van der Waals surface area contributed by atoms with Gasteiger partial charge in [0.1, 0.15) is 4.90 Å². The fraction of sp³-hybridized carbons (Fsp3) is 0.250. The molecule has 114 valence electrons. The first-order valence-electron chi connectivity index (χ1n) is 5.80. The van der Waals surface area contributed by atoms with Crippen LogP contribution in [0.25, 0.3) is 11.3 Å². The van der Waals surface area contributed by atoms with Gasteiger partial charge >= 0.3 is 0 Å². The van der Waals surface area contributed by atoms with Gasteiger partial charge in [0.15, 0.2) is 4.80 Å². The molecule has 1 aliphatic carbocycles. The Kier molecular flexibility index (Phi) is 4.38. The zero-order valence-electron chi connectivity index (χ0n) is 11.3.